The van der Waals surface area contributed by atoms with E-state index < -0.39 is 12.1 Å². The standard InChI is InChI=1S/C17H14FNO3S/c1-10(11-3-2-4-13(18)7-11)22-17(21)12-5-6-14-15(8-12)23-9-16(20)19-14/h2-8,10H,9H2,1H3,(H,19,20). The van der Waals surface area contributed by atoms with Crippen LogP contribution in [0.1, 0.15) is 28.9 Å². The lowest BCUT2D eigenvalue weighted by Crippen LogP contribution is -2.19. The van der Waals surface area contributed by atoms with E-state index in [0.29, 0.717) is 22.6 Å². The summed E-state index contributed by atoms with van der Waals surface area (Å²) in [5.74, 6) is -0.587. The normalized spacial score (nSPS) is 14.6. The summed E-state index contributed by atoms with van der Waals surface area (Å²) in [5.41, 5.74) is 1.69. The topological polar surface area (TPSA) is 55.4 Å². The second-order valence-corrected chi connectivity index (χ2v) is 6.17. The fourth-order valence-corrected chi connectivity index (χ4v) is 3.10. The molecule has 0 fully saturated rings. The third-order valence-corrected chi connectivity index (χ3v) is 4.51. The molecule has 3 rings (SSSR count). The first kappa shape index (κ1) is 15.6. The number of carbonyl (C=O) groups is 2. The minimum Gasteiger partial charge on any atom is -0.454 e. The summed E-state index contributed by atoms with van der Waals surface area (Å²) in [4.78, 5) is 24.4. The molecule has 1 N–H and O–H groups in total. The molecule has 0 bridgehead atoms. The van der Waals surface area contributed by atoms with Gasteiger partial charge in [0.25, 0.3) is 0 Å². The van der Waals surface area contributed by atoms with E-state index in [4.69, 9.17) is 4.74 Å². The Hall–Kier alpha value is -2.34. The molecule has 23 heavy (non-hydrogen) atoms. The Bertz CT molecular complexity index is 778. The quantitative estimate of drug-likeness (QED) is 0.870. The van der Waals surface area contributed by atoms with Crippen molar-refractivity contribution in [1.82, 2.24) is 0 Å². The van der Waals surface area contributed by atoms with Gasteiger partial charge in [-0.1, -0.05) is 12.1 Å². The highest BCUT2D eigenvalue weighted by Crippen LogP contribution is 2.32. The summed E-state index contributed by atoms with van der Waals surface area (Å²) < 4.78 is 18.6. The van der Waals surface area contributed by atoms with E-state index in [1.165, 1.54) is 23.9 Å². The number of halogens is 1. The molecule has 1 aliphatic rings. The van der Waals surface area contributed by atoms with Gasteiger partial charge in [-0.25, -0.2) is 9.18 Å². The summed E-state index contributed by atoms with van der Waals surface area (Å²) >= 11 is 1.38. The Morgan fingerprint density at radius 3 is 2.91 bits per heavy atom. The molecule has 0 spiro atoms. The predicted octanol–water partition coefficient (Wildman–Crippen LogP) is 3.79. The van der Waals surface area contributed by atoms with Gasteiger partial charge in [0.1, 0.15) is 11.9 Å². The summed E-state index contributed by atoms with van der Waals surface area (Å²) in [5, 5.41) is 2.75. The zero-order valence-electron chi connectivity index (χ0n) is 12.3. The smallest absolute Gasteiger partial charge is 0.338 e. The molecule has 0 saturated carbocycles. The van der Waals surface area contributed by atoms with Gasteiger partial charge in [-0.2, -0.15) is 0 Å². The van der Waals surface area contributed by atoms with Gasteiger partial charge < -0.3 is 10.1 Å². The number of anilines is 1. The van der Waals surface area contributed by atoms with Crippen LogP contribution in [0.4, 0.5) is 10.1 Å². The van der Waals surface area contributed by atoms with E-state index in [1.54, 1.807) is 37.3 Å². The van der Waals surface area contributed by atoms with Crippen LogP contribution in [-0.2, 0) is 9.53 Å². The summed E-state index contributed by atoms with van der Waals surface area (Å²) in [7, 11) is 0. The maximum absolute atomic E-state index is 13.2. The van der Waals surface area contributed by atoms with Crippen molar-refractivity contribution in [3.63, 3.8) is 0 Å². The molecule has 1 amide bonds. The summed E-state index contributed by atoms with van der Waals surface area (Å²) in [6.07, 6.45) is -0.554. The number of carbonyl (C=O) groups excluding carboxylic acids is 2. The molecule has 0 aromatic heterocycles. The van der Waals surface area contributed by atoms with Gasteiger partial charge in [0.15, 0.2) is 0 Å². The van der Waals surface area contributed by atoms with Crippen molar-refractivity contribution in [3.05, 3.63) is 59.4 Å². The van der Waals surface area contributed by atoms with Crippen LogP contribution in [0.25, 0.3) is 0 Å². The molecule has 1 heterocycles. The van der Waals surface area contributed by atoms with Crippen LogP contribution in [0.3, 0.4) is 0 Å². The highest BCUT2D eigenvalue weighted by molar-refractivity contribution is 8.00. The van der Waals surface area contributed by atoms with Crippen molar-refractivity contribution in [2.75, 3.05) is 11.1 Å². The first-order valence-corrected chi connectivity index (χ1v) is 8.04. The Balaban J connectivity index is 1.74. The first-order valence-electron chi connectivity index (χ1n) is 7.06. The largest absolute Gasteiger partial charge is 0.454 e. The van der Waals surface area contributed by atoms with Crippen LogP contribution in [0.15, 0.2) is 47.4 Å². The third-order valence-electron chi connectivity index (χ3n) is 3.45. The molecule has 4 nitrogen and oxygen atoms in total. The zero-order chi connectivity index (χ0) is 16.4. The van der Waals surface area contributed by atoms with Gasteiger partial charge in [-0.15, -0.1) is 11.8 Å². The van der Waals surface area contributed by atoms with Crippen LogP contribution in [0.5, 0.6) is 0 Å². The van der Waals surface area contributed by atoms with Crippen LogP contribution in [-0.4, -0.2) is 17.6 Å². The van der Waals surface area contributed by atoms with E-state index in [1.807, 2.05) is 0 Å². The summed E-state index contributed by atoms with van der Waals surface area (Å²) in [6.45, 7) is 1.69. The van der Waals surface area contributed by atoms with Gasteiger partial charge in [0.2, 0.25) is 5.91 Å². The lowest BCUT2D eigenvalue weighted by Gasteiger charge is -2.18. The Morgan fingerprint density at radius 1 is 1.30 bits per heavy atom. The number of benzene rings is 2. The number of nitrogens with one attached hydrogen (secondary N) is 1. The number of fused-ring (bicyclic) bond motifs is 1. The summed E-state index contributed by atoms with van der Waals surface area (Å²) in [6, 6.07) is 10.9. The molecule has 2 aromatic carbocycles. The lowest BCUT2D eigenvalue weighted by molar-refractivity contribution is -0.113. The molecule has 6 heteroatoms. The van der Waals surface area contributed by atoms with Crippen molar-refractivity contribution in [2.24, 2.45) is 0 Å². The average molecular weight is 331 g/mol. The number of rotatable bonds is 3. The Morgan fingerprint density at radius 2 is 2.13 bits per heavy atom. The average Bonchev–Trinajstić information content (AvgIpc) is 2.54. The van der Waals surface area contributed by atoms with Gasteiger partial charge in [0, 0.05) is 4.90 Å². The maximum atomic E-state index is 13.2. The van der Waals surface area contributed by atoms with E-state index in [0.717, 1.165) is 4.90 Å². The molecule has 0 saturated heterocycles. The van der Waals surface area contributed by atoms with Crippen LogP contribution in [0, 0.1) is 5.82 Å². The van der Waals surface area contributed by atoms with Gasteiger partial charge >= 0.3 is 5.97 Å². The second kappa shape index (κ2) is 6.42. The zero-order valence-corrected chi connectivity index (χ0v) is 13.2. The van der Waals surface area contributed by atoms with Crippen molar-refractivity contribution in [2.45, 2.75) is 17.9 Å². The molecule has 118 valence electrons. The second-order valence-electron chi connectivity index (χ2n) is 5.15. The molecular formula is C17H14FNO3S. The molecular weight excluding hydrogens is 317 g/mol. The fourth-order valence-electron chi connectivity index (χ4n) is 2.26. The SMILES string of the molecule is CC(OC(=O)c1ccc2c(c1)SCC(=O)N2)c1cccc(F)c1. The highest BCUT2D eigenvalue weighted by atomic mass is 32.2. The third kappa shape index (κ3) is 3.53. The highest BCUT2D eigenvalue weighted by Gasteiger charge is 2.19. The van der Waals surface area contributed by atoms with Gasteiger partial charge in [0.05, 0.1) is 17.0 Å². The van der Waals surface area contributed by atoms with Crippen LogP contribution in [0.2, 0.25) is 0 Å². The van der Waals surface area contributed by atoms with Crippen molar-refractivity contribution < 1.29 is 18.7 Å². The van der Waals surface area contributed by atoms with Crippen molar-refractivity contribution >= 4 is 29.3 Å². The number of amides is 1. The molecule has 1 unspecified atom stereocenters. The Labute approximate surface area is 137 Å². The molecule has 0 radical (unpaired) electrons. The molecule has 2 aromatic rings. The number of hydrogen-bond donors (Lipinski definition) is 1. The number of ether oxygens (including phenoxy) is 1. The monoisotopic (exact) mass is 331 g/mol. The predicted molar refractivity (Wildman–Crippen MR) is 86.0 cm³/mol. The maximum Gasteiger partial charge on any atom is 0.338 e. The molecule has 1 aliphatic heterocycles. The van der Waals surface area contributed by atoms with Crippen molar-refractivity contribution in [3.8, 4) is 0 Å². The first-order chi connectivity index (χ1) is 11.0. The van der Waals surface area contributed by atoms with E-state index >= 15 is 0 Å². The van der Waals surface area contributed by atoms with Crippen LogP contribution < -0.4 is 5.32 Å². The molecule has 0 aliphatic carbocycles. The lowest BCUT2D eigenvalue weighted by atomic mass is 10.1. The van der Waals surface area contributed by atoms with E-state index in [-0.39, 0.29) is 11.7 Å². The number of esters is 1. The number of hydrogen-bond acceptors (Lipinski definition) is 4. The van der Waals surface area contributed by atoms with Crippen molar-refractivity contribution in [1.29, 1.82) is 0 Å². The fraction of sp³-hybridized carbons (Fsp3) is 0.176. The minimum absolute atomic E-state index is 0.0578. The molecule has 1 atom stereocenters. The van der Waals surface area contributed by atoms with Crippen LogP contribution >= 0.6 is 11.8 Å². The van der Waals surface area contributed by atoms with E-state index in [2.05, 4.69) is 5.32 Å². The van der Waals surface area contributed by atoms with Gasteiger partial charge in [-0.3, -0.25) is 4.79 Å². The van der Waals surface area contributed by atoms with Gasteiger partial charge in [-0.05, 0) is 42.8 Å². The minimum atomic E-state index is -0.554. The number of thioether (sulfide) groups is 1. The van der Waals surface area contributed by atoms with E-state index in [9.17, 15) is 14.0 Å². The Kier molecular flexibility index (Phi) is 4.34.